The summed E-state index contributed by atoms with van der Waals surface area (Å²) in [6.45, 7) is -2.86. The van der Waals surface area contributed by atoms with Crippen LogP contribution in [0.4, 0.5) is 0 Å². The summed E-state index contributed by atoms with van der Waals surface area (Å²) in [6, 6.07) is 19.9. The molecular formula is C21H20. The SMILES string of the molecule is [2H]C([2H])([2H])c1ccc(-c2ccccc2)cc1-c1ccc(C)cc1C([2H])([2H])[2H]. The zero-order valence-electron chi connectivity index (χ0n) is 17.9. The van der Waals surface area contributed by atoms with Gasteiger partial charge in [0.05, 0.1) is 0 Å². The van der Waals surface area contributed by atoms with Crippen molar-refractivity contribution in [3.63, 3.8) is 0 Å². The van der Waals surface area contributed by atoms with Gasteiger partial charge in [0.1, 0.15) is 0 Å². The summed E-state index contributed by atoms with van der Waals surface area (Å²) in [7, 11) is 0. The Balaban J connectivity index is 2.31. The highest BCUT2D eigenvalue weighted by atomic mass is 14.1. The van der Waals surface area contributed by atoms with Gasteiger partial charge >= 0.3 is 0 Å². The number of hydrogen-bond acceptors (Lipinski definition) is 0. The Bertz CT molecular complexity index is 953. The minimum atomic E-state index is -2.35. The molecule has 0 atom stereocenters. The van der Waals surface area contributed by atoms with Gasteiger partial charge in [0.2, 0.25) is 0 Å². The van der Waals surface area contributed by atoms with E-state index in [4.69, 9.17) is 8.22 Å². The Morgan fingerprint density at radius 1 is 0.667 bits per heavy atom. The van der Waals surface area contributed by atoms with Crippen molar-refractivity contribution >= 4 is 0 Å². The summed E-state index contributed by atoms with van der Waals surface area (Å²) in [6.07, 6.45) is 0. The smallest absolute Gasteiger partial charge is 0.0280 e. The predicted octanol–water partition coefficient (Wildman–Crippen LogP) is 5.95. The van der Waals surface area contributed by atoms with Gasteiger partial charge in [-0.2, -0.15) is 0 Å². The first-order valence-corrected chi connectivity index (χ1v) is 6.89. The molecule has 0 heteroatoms. The molecule has 0 aliphatic rings. The average Bonchev–Trinajstić information content (AvgIpc) is 2.60. The summed E-state index contributed by atoms with van der Waals surface area (Å²) >= 11 is 0. The molecule has 0 aromatic heterocycles. The van der Waals surface area contributed by atoms with Crippen LogP contribution in [-0.2, 0) is 0 Å². The lowest BCUT2D eigenvalue weighted by Gasteiger charge is -2.12. The first-order chi connectivity index (χ1) is 12.6. The van der Waals surface area contributed by atoms with Crippen molar-refractivity contribution in [3.05, 3.63) is 83.4 Å². The molecule has 3 aromatic carbocycles. The standard InChI is InChI=1S/C21H20/c1-15-9-12-20(17(3)13-15)21-14-19(11-10-16(21)2)18-7-5-4-6-8-18/h4-14H,1-3H3/i2D3,3D3. The van der Waals surface area contributed by atoms with Gasteiger partial charge in [0.15, 0.2) is 0 Å². The van der Waals surface area contributed by atoms with E-state index in [-0.39, 0.29) is 11.1 Å². The highest BCUT2D eigenvalue weighted by molar-refractivity contribution is 5.77. The van der Waals surface area contributed by atoms with Crippen LogP contribution in [0, 0.1) is 20.6 Å². The molecular weight excluding hydrogens is 252 g/mol. The Morgan fingerprint density at radius 2 is 1.48 bits per heavy atom. The van der Waals surface area contributed by atoms with E-state index in [1.54, 1.807) is 30.3 Å². The molecule has 0 radical (unpaired) electrons. The van der Waals surface area contributed by atoms with Gasteiger partial charge in [0.25, 0.3) is 0 Å². The Labute approximate surface area is 135 Å². The molecule has 0 heterocycles. The summed E-state index contributed by atoms with van der Waals surface area (Å²) < 4.78 is 47.4. The molecule has 0 unspecified atom stereocenters. The zero-order valence-corrected chi connectivity index (χ0v) is 11.9. The van der Waals surface area contributed by atoms with E-state index in [0.29, 0.717) is 11.1 Å². The van der Waals surface area contributed by atoms with Crippen LogP contribution in [0.1, 0.15) is 24.9 Å². The van der Waals surface area contributed by atoms with Crippen LogP contribution in [0.25, 0.3) is 22.3 Å². The molecule has 3 rings (SSSR count). The Morgan fingerprint density at radius 3 is 2.24 bits per heavy atom. The summed E-state index contributed by atoms with van der Waals surface area (Å²) in [5.74, 6) is 0. The van der Waals surface area contributed by atoms with Crippen LogP contribution in [0.5, 0.6) is 0 Å². The number of benzene rings is 3. The zero-order chi connectivity index (χ0) is 19.8. The van der Waals surface area contributed by atoms with Gasteiger partial charge in [0, 0.05) is 8.22 Å². The van der Waals surface area contributed by atoms with Crippen LogP contribution < -0.4 is 0 Å². The topological polar surface area (TPSA) is 0 Å². The molecule has 0 fully saturated rings. The average molecular weight is 278 g/mol. The van der Waals surface area contributed by atoms with Gasteiger partial charge in [-0.05, 0) is 60.1 Å². The summed E-state index contributed by atoms with van der Waals surface area (Å²) in [4.78, 5) is 0. The maximum atomic E-state index is 7.90. The Kier molecular flexibility index (Phi) is 2.17. The second-order valence-electron chi connectivity index (χ2n) is 5.18. The quantitative estimate of drug-likeness (QED) is 0.543. The van der Waals surface area contributed by atoms with E-state index >= 15 is 0 Å². The molecule has 0 amide bonds. The van der Waals surface area contributed by atoms with E-state index in [9.17, 15) is 0 Å². The molecule has 3 aromatic rings. The van der Waals surface area contributed by atoms with E-state index in [0.717, 1.165) is 16.7 Å². The monoisotopic (exact) mass is 278 g/mol. The van der Waals surface area contributed by atoms with Crippen LogP contribution in [0.3, 0.4) is 0 Å². The van der Waals surface area contributed by atoms with Crippen molar-refractivity contribution in [3.8, 4) is 22.3 Å². The lowest BCUT2D eigenvalue weighted by atomic mass is 9.92. The predicted molar refractivity (Wildman–Crippen MR) is 91.5 cm³/mol. The molecule has 0 nitrogen and oxygen atoms in total. The number of aryl methyl sites for hydroxylation is 3. The lowest BCUT2D eigenvalue weighted by Crippen LogP contribution is -1.89. The third kappa shape index (κ3) is 2.75. The van der Waals surface area contributed by atoms with Crippen molar-refractivity contribution in [2.24, 2.45) is 0 Å². The molecule has 104 valence electrons. The van der Waals surface area contributed by atoms with Crippen LogP contribution in [0.15, 0.2) is 66.7 Å². The fraction of sp³-hybridized carbons (Fsp3) is 0.143. The molecule has 0 aliphatic carbocycles. The number of hydrogen-bond donors (Lipinski definition) is 0. The van der Waals surface area contributed by atoms with Gasteiger partial charge < -0.3 is 0 Å². The molecule has 0 aliphatic heterocycles. The molecule has 0 N–H and O–H groups in total. The minimum absolute atomic E-state index is 0.150. The minimum Gasteiger partial charge on any atom is -0.0622 e. The van der Waals surface area contributed by atoms with Crippen molar-refractivity contribution in [2.45, 2.75) is 20.6 Å². The third-order valence-electron chi connectivity index (χ3n) is 3.59. The first kappa shape index (κ1) is 8.19. The van der Waals surface area contributed by atoms with Gasteiger partial charge in [-0.1, -0.05) is 66.2 Å². The lowest BCUT2D eigenvalue weighted by molar-refractivity contribution is 1.36. The molecule has 0 spiro atoms. The molecule has 0 saturated carbocycles. The van der Waals surface area contributed by atoms with E-state index in [1.165, 1.54) is 0 Å². The fourth-order valence-electron chi connectivity index (χ4n) is 2.47. The number of rotatable bonds is 2. The van der Waals surface area contributed by atoms with E-state index in [2.05, 4.69) is 0 Å². The second kappa shape index (κ2) is 5.57. The molecule has 21 heavy (non-hydrogen) atoms. The van der Waals surface area contributed by atoms with Crippen LogP contribution in [0.2, 0.25) is 0 Å². The van der Waals surface area contributed by atoms with Crippen molar-refractivity contribution in [1.82, 2.24) is 0 Å². The van der Waals surface area contributed by atoms with Crippen LogP contribution >= 0.6 is 0 Å². The van der Waals surface area contributed by atoms with E-state index in [1.807, 2.05) is 43.3 Å². The maximum Gasteiger partial charge on any atom is 0.0280 e. The Hall–Kier alpha value is -2.34. The van der Waals surface area contributed by atoms with Gasteiger partial charge in [-0.25, -0.2) is 0 Å². The maximum absolute atomic E-state index is 7.90. The normalized spacial score (nSPS) is 16.0. The summed E-state index contributed by atoms with van der Waals surface area (Å²) in [5, 5.41) is 0. The van der Waals surface area contributed by atoms with Gasteiger partial charge in [-0.15, -0.1) is 0 Å². The molecule has 0 bridgehead atoms. The van der Waals surface area contributed by atoms with E-state index < -0.39 is 13.7 Å². The highest BCUT2D eigenvalue weighted by Crippen LogP contribution is 2.31. The molecule has 0 saturated heterocycles. The van der Waals surface area contributed by atoms with Crippen molar-refractivity contribution < 1.29 is 8.22 Å². The van der Waals surface area contributed by atoms with Crippen molar-refractivity contribution in [2.75, 3.05) is 0 Å². The first-order valence-electron chi connectivity index (χ1n) is 9.89. The largest absolute Gasteiger partial charge is 0.0622 e. The third-order valence-corrected chi connectivity index (χ3v) is 3.59. The van der Waals surface area contributed by atoms with Crippen LogP contribution in [-0.4, -0.2) is 0 Å². The fourth-order valence-corrected chi connectivity index (χ4v) is 2.47. The second-order valence-corrected chi connectivity index (χ2v) is 5.18. The highest BCUT2D eigenvalue weighted by Gasteiger charge is 2.07. The van der Waals surface area contributed by atoms with Gasteiger partial charge in [-0.3, -0.25) is 0 Å². The summed E-state index contributed by atoms with van der Waals surface area (Å²) in [5.41, 5.74) is 3.79. The van der Waals surface area contributed by atoms with Crippen molar-refractivity contribution in [1.29, 1.82) is 0 Å².